The minimum atomic E-state index is -3.59. The van der Waals surface area contributed by atoms with Gasteiger partial charge < -0.3 is 5.11 Å². The average molecular weight is 376 g/mol. The van der Waals surface area contributed by atoms with E-state index in [1.165, 1.54) is 28.8 Å². The van der Waals surface area contributed by atoms with Crippen LogP contribution in [0.5, 0.6) is 0 Å². The Labute approximate surface area is 130 Å². The van der Waals surface area contributed by atoms with Crippen LogP contribution in [-0.4, -0.2) is 24.9 Å². The highest BCUT2D eigenvalue weighted by molar-refractivity contribution is 9.10. The van der Waals surface area contributed by atoms with Gasteiger partial charge in [-0.15, -0.1) is 11.3 Å². The fourth-order valence-corrected chi connectivity index (χ4v) is 4.61. The van der Waals surface area contributed by atoms with E-state index in [-0.39, 0.29) is 18.0 Å². The van der Waals surface area contributed by atoms with Crippen molar-refractivity contribution in [2.24, 2.45) is 0 Å². The average Bonchev–Trinajstić information content (AvgIpc) is 2.90. The summed E-state index contributed by atoms with van der Waals surface area (Å²) in [5.41, 5.74) is 0.888. The van der Waals surface area contributed by atoms with Crippen molar-refractivity contribution in [3.8, 4) is 0 Å². The zero-order valence-electron chi connectivity index (χ0n) is 10.8. The maximum absolute atomic E-state index is 12.5. The number of aliphatic hydroxyl groups is 1. The molecule has 0 saturated carbocycles. The molecule has 4 nitrogen and oxygen atoms in total. The summed E-state index contributed by atoms with van der Waals surface area (Å²) < 4.78 is 27.1. The van der Waals surface area contributed by atoms with E-state index < -0.39 is 10.0 Å². The molecule has 1 aromatic carbocycles. The fourth-order valence-electron chi connectivity index (χ4n) is 1.79. The first-order valence-corrected chi connectivity index (χ1v) is 8.95. The van der Waals surface area contributed by atoms with Gasteiger partial charge >= 0.3 is 0 Å². The molecule has 0 unspecified atom stereocenters. The van der Waals surface area contributed by atoms with E-state index in [1.807, 2.05) is 24.3 Å². The van der Waals surface area contributed by atoms with Gasteiger partial charge in [-0.05, 0) is 23.1 Å². The summed E-state index contributed by atoms with van der Waals surface area (Å²) in [4.78, 5) is 0.642. The number of aliphatic hydroxyl groups excluding tert-OH is 1. The van der Waals surface area contributed by atoms with Crippen LogP contribution in [0.4, 0.5) is 0 Å². The van der Waals surface area contributed by atoms with E-state index in [1.54, 1.807) is 5.38 Å². The predicted octanol–water partition coefficient (Wildman–Crippen LogP) is 2.82. The van der Waals surface area contributed by atoms with Gasteiger partial charge in [0.25, 0.3) is 0 Å². The SMILES string of the molecule is CN(Cc1ccccc1Br)S(=O)(=O)c1ccsc1CO. The number of hydrogen-bond donors (Lipinski definition) is 1. The first-order valence-electron chi connectivity index (χ1n) is 5.83. The number of rotatable bonds is 5. The lowest BCUT2D eigenvalue weighted by Gasteiger charge is -2.18. The summed E-state index contributed by atoms with van der Waals surface area (Å²) in [5.74, 6) is 0. The number of benzene rings is 1. The predicted molar refractivity (Wildman–Crippen MR) is 83.0 cm³/mol. The van der Waals surface area contributed by atoms with Crippen molar-refractivity contribution in [3.63, 3.8) is 0 Å². The van der Waals surface area contributed by atoms with Gasteiger partial charge in [-0.3, -0.25) is 0 Å². The lowest BCUT2D eigenvalue weighted by Crippen LogP contribution is -2.27. The van der Waals surface area contributed by atoms with Gasteiger partial charge in [0.2, 0.25) is 10.0 Å². The summed E-state index contributed by atoms with van der Waals surface area (Å²) in [6, 6.07) is 9.02. The fraction of sp³-hybridized carbons (Fsp3) is 0.231. The molecule has 0 spiro atoms. The Bertz CT molecular complexity index is 697. The van der Waals surface area contributed by atoms with Crippen LogP contribution in [0.1, 0.15) is 10.4 Å². The molecule has 0 bridgehead atoms. The molecule has 0 radical (unpaired) electrons. The third kappa shape index (κ3) is 3.12. The molecule has 0 atom stereocenters. The third-order valence-electron chi connectivity index (χ3n) is 2.89. The number of sulfonamides is 1. The van der Waals surface area contributed by atoms with Crippen molar-refractivity contribution in [2.45, 2.75) is 18.0 Å². The molecule has 1 aromatic heterocycles. The van der Waals surface area contributed by atoms with E-state index >= 15 is 0 Å². The number of halogens is 1. The van der Waals surface area contributed by atoms with Crippen LogP contribution in [0.3, 0.4) is 0 Å². The minimum Gasteiger partial charge on any atom is -0.391 e. The molecule has 108 valence electrons. The van der Waals surface area contributed by atoms with Crippen molar-refractivity contribution in [2.75, 3.05) is 7.05 Å². The quantitative estimate of drug-likeness (QED) is 0.873. The molecule has 7 heteroatoms. The van der Waals surface area contributed by atoms with Crippen molar-refractivity contribution in [1.82, 2.24) is 4.31 Å². The number of hydrogen-bond acceptors (Lipinski definition) is 4. The lowest BCUT2D eigenvalue weighted by atomic mass is 10.2. The Morgan fingerprint density at radius 2 is 2.00 bits per heavy atom. The van der Waals surface area contributed by atoms with Gasteiger partial charge in [-0.25, -0.2) is 8.42 Å². The normalized spacial score (nSPS) is 12.0. The highest BCUT2D eigenvalue weighted by atomic mass is 79.9. The molecule has 0 aliphatic carbocycles. The minimum absolute atomic E-state index is 0.180. The Morgan fingerprint density at radius 1 is 1.30 bits per heavy atom. The molecule has 0 aliphatic rings. The monoisotopic (exact) mass is 375 g/mol. The van der Waals surface area contributed by atoms with Crippen molar-refractivity contribution in [1.29, 1.82) is 0 Å². The highest BCUT2D eigenvalue weighted by Gasteiger charge is 2.25. The largest absolute Gasteiger partial charge is 0.391 e. The maximum Gasteiger partial charge on any atom is 0.244 e. The van der Waals surface area contributed by atoms with Crippen LogP contribution < -0.4 is 0 Å². The van der Waals surface area contributed by atoms with Crippen LogP contribution in [0, 0.1) is 0 Å². The Hall–Kier alpha value is -0.730. The Balaban J connectivity index is 2.29. The molecular weight excluding hydrogens is 362 g/mol. The summed E-state index contributed by atoms with van der Waals surface area (Å²) in [5, 5.41) is 10.9. The molecule has 1 N–H and O–H groups in total. The van der Waals surface area contributed by atoms with Gasteiger partial charge in [0, 0.05) is 22.9 Å². The lowest BCUT2D eigenvalue weighted by molar-refractivity contribution is 0.282. The molecule has 1 heterocycles. The molecule has 0 fully saturated rings. The summed E-state index contributed by atoms with van der Waals surface area (Å²) in [7, 11) is -2.06. The second kappa shape index (κ2) is 6.36. The van der Waals surface area contributed by atoms with E-state index in [0.29, 0.717) is 4.88 Å². The number of thiophene rings is 1. The van der Waals surface area contributed by atoms with Gasteiger partial charge in [0.05, 0.1) is 11.5 Å². The van der Waals surface area contributed by atoms with Crippen molar-refractivity contribution in [3.05, 3.63) is 50.6 Å². The maximum atomic E-state index is 12.5. The Morgan fingerprint density at radius 3 is 2.65 bits per heavy atom. The molecular formula is C13H14BrNO3S2. The van der Waals surface area contributed by atoms with Gasteiger partial charge in [-0.2, -0.15) is 4.31 Å². The van der Waals surface area contributed by atoms with Gasteiger partial charge in [0.15, 0.2) is 0 Å². The van der Waals surface area contributed by atoms with Crippen LogP contribution >= 0.6 is 27.3 Å². The molecule has 0 saturated heterocycles. The Kier molecular flexibility index (Phi) is 4.98. The smallest absolute Gasteiger partial charge is 0.244 e. The van der Waals surface area contributed by atoms with Crippen LogP contribution in [0.25, 0.3) is 0 Å². The molecule has 2 rings (SSSR count). The van der Waals surface area contributed by atoms with E-state index in [4.69, 9.17) is 0 Å². The molecule has 2 aromatic rings. The summed E-state index contributed by atoms with van der Waals surface area (Å²) >= 11 is 4.65. The second-order valence-corrected chi connectivity index (χ2v) is 8.09. The zero-order chi connectivity index (χ0) is 14.8. The molecule has 20 heavy (non-hydrogen) atoms. The first kappa shape index (κ1) is 15.7. The van der Waals surface area contributed by atoms with Gasteiger partial charge in [-0.1, -0.05) is 34.1 Å². The zero-order valence-corrected chi connectivity index (χ0v) is 14.0. The summed E-state index contributed by atoms with van der Waals surface area (Å²) in [6.07, 6.45) is 0. The molecule has 0 amide bonds. The van der Waals surface area contributed by atoms with E-state index in [9.17, 15) is 13.5 Å². The van der Waals surface area contributed by atoms with Gasteiger partial charge in [0.1, 0.15) is 0 Å². The standard InChI is InChI=1S/C13H14BrNO3S2/c1-15(8-10-4-2-3-5-11(10)14)20(17,18)13-6-7-19-12(13)9-16/h2-7,16H,8-9H2,1H3. The third-order valence-corrected chi connectivity index (χ3v) is 6.58. The topological polar surface area (TPSA) is 57.6 Å². The van der Waals surface area contributed by atoms with E-state index in [2.05, 4.69) is 15.9 Å². The first-order chi connectivity index (χ1) is 9.46. The highest BCUT2D eigenvalue weighted by Crippen LogP contribution is 2.26. The van der Waals surface area contributed by atoms with Crippen LogP contribution in [0.2, 0.25) is 0 Å². The second-order valence-electron chi connectivity index (χ2n) is 4.22. The summed E-state index contributed by atoms with van der Waals surface area (Å²) in [6.45, 7) is -0.000423. The van der Waals surface area contributed by atoms with Crippen molar-refractivity contribution >= 4 is 37.3 Å². The van der Waals surface area contributed by atoms with Crippen LogP contribution in [-0.2, 0) is 23.2 Å². The van der Waals surface area contributed by atoms with Crippen LogP contribution in [0.15, 0.2) is 45.1 Å². The van der Waals surface area contributed by atoms with E-state index in [0.717, 1.165) is 10.0 Å². The number of nitrogens with zero attached hydrogens (tertiary/aromatic N) is 1. The van der Waals surface area contributed by atoms with Crippen molar-refractivity contribution < 1.29 is 13.5 Å². The molecule has 0 aliphatic heterocycles.